The van der Waals surface area contributed by atoms with Crippen molar-refractivity contribution in [1.82, 2.24) is 5.32 Å². The third-order valence-corrected chi connectivity index (χ3v) is 3.86. The summed E-state index contributed by atoms with van der Waals surface area (Å²) in [5.74, 6) is -0.0331. The van der Waals surface area contributed by atoms with Gasteiger partial charge in [-0.2, -0.15) is 0 Å². The van der Waals surface area contributed by atoms with Crippen molar-refractivity contribution in [3.8, 4) is 0 Å². The fourth-order valence-electron chi connectivity index (χ4n) is 2.55. The molecule has 0 aromatic heterocycles. The molecule has 0 spiro atoms. The van der Waals surface area contributed by atoms with Crippen LogP contribution in [0.5, 0.6) is 0 Å². The molecule has 0 fully saturated rings. The lowest BCUT2D eigenvalue weighted by Crippen LogP contribution is -2.38. The highest BCUT2D eigenvalue weighted by Gasteiger charge is 2.24. The second kappa shape index (κ2) is 4.92. The molecule has 1 aliphatic rings. The number of hydrogen-bond donors (Lipinski definition) is 2. The van der Waals surface area contributed by atoms with Gasteiger partial charge in [-0.15, -0.1) is 0 Å². The summed E-state index contributed by atoms with van der Waals surface area (Å²) in [6.45, 7) is 6.58. The van der Waals surface area contributed by atoms with Crippen LogP contribution in [-0.4, -0.2) is 5.91 Å². The summed E-state index contributed by atoms with van der Waals surface area (Å²) in [6, 6.07) is 16.0. The van der Waals surface area contributed by atoms with E-state index in [1.807, 2.05) is 24.3 Å². The second-order valence-corrected chi connectivity index (χ2v) is 6.47. The quantitative estimate of drug-likeness (QED) is 0.833. The minimum Gasteiger partial charge on any atom is -0.361 e. The zero-order valence-electron chi connectivity index (χ0n) is 12.6. The van der Waals surface area contributed by atoms with E-state index in [0.29, 0.717) is 5.56 Å². The van der Waals surface area contributed by atoms with E-state index in [1.165, 1.54) is 5.56 Å². The summed E-state index contributed by atoms with van der Waals surface area (Å²) in [5, 5.41) is 6.37. The van der Waals surface area contributed by atoms with Crippen LogP contribution in [0.4, 0.5) is 5.69 Å². The number of fused-ring (bicyclic) bond motifs is 1. The fourth-order valence-corrected chi connectivity index (χ4v) is 2.55. The first-order chi connectivity index (χ1) is 9.95. The monoisotopic (exact) mass is 280 g/mol. The molecule has 0 unspecified atom stereocenters. The van der Waals surface area contributed by atoms with Crippen LogP contribution in [0.25, 0.3) is 0 Å². The van der Waals surface area contributed by atoms with Crippen molar-refractivity contribution in [1.29, 1.82) is 0 Å². The van der Waals surface area contributed by atoms with Crippen molar-refractivity contribution < 1.29 is 4.79 Å². The number of anilines is 1. The molecule has 2 aromatic rings. The maximum absolute atomic E-state index is 12.1. The molecule has 2 N–H and O–H groups in total. The van der Waals surface area contributed by atoms with Gasteiger partial charge in [0.1, 0.15) is 6.17 Å². The van der Waals surface area contributed by atoms with Crippen LogP contribution in [0.1, 0.15) is 48.4 Å². The number of carbonyl (C=O) groups is 1. The summed E-state index contributed by atoms with van der Waals surface area (Å²) < 4.78 is 0. The van der Waals surface area contributed by atoms with Gasteiger partial charge in [0.05, 0.1) is 5.56 Å². The molecule has 1 atom stereocenters. The average Bonchev–Trinajstić information content (AvgIpc) is 2.46. The molecule has 2 aromatic carbocycles. The lowest BCUT2D eigenvalue weighted by atomic mass is 9.86. The Morgan fingerprint density at radius 1 is 0.905 bits per heavy atom. The van der Waals surface area contributed by atoms with Crippen molar-refractivity contribution in [3.63, 3.8) is 0 Å². The highest BCUT2D eigenvalue weighted by atomic mass is 16.2. The fraction of sp³-hybridized carbons (Fsp3) is 0.278. The Kier molecular flexibility index (Phi) is 3.20. The molecule has 3 nitrogen and oxygen atoms in total. The summed E-state index contributed by atoms with van der Waals surface area (Å²) in [4.78, 5) is 12.1. The lowest BCUT2D eigenvalue weighted by Gasteiger charge is -2.28. The number of amides is 1. The molecular weight excluding hydrogens is 260 g/mol. The van der Waals surface area contributed by atoms with Gasteiger partial charge in [0, 0.05) is 5.69 Å². The summed E-state index contributed by atoms with van der Waals surface area (Å²) in [6.07, 6.45) is -0.179. The van der Waals surface area contributed by atoms with Crippen molar-refractivity contribution in [3.05, 3.63) is 65.2 Å². The minimum absolute atomic E-state index is 0.0331. The SMILES string of the molecule is CC(C)(C)c1ccc([C@H]2NC(=O)c3ccccc3N2)cc1. The van der Waals surface area contributed by atoms with Gasteiger partial charge in [-0.3, -0.25) is 4.79 Å². The molecule has 1 aliphatic heterocycles. The van der Waals surface area contributed by atoms with Crippen molar-refractivity contribution in [2.45, 2.75) is 32.4 Å². The summed E-state index contributed by atoms with van der Waals surface area (Å²) in [7, 11) is 0. The molecule has 0 saturated heterocycles. The minimum atomic E-state index is -0.179. The van der Waals surface area contributed by atoms with E-state index in [2.05, 4.69) is 55.7 Å². The van der Waals surface area contributed by atoms with E-state index in [4.69, 9.17) is 0 Å². The Hall–Kier alpha value is -2.29. The van der Waals surface area contributed by atoms with Gasteiger partial charge in [0.2, 0.25) is 0 Å². The molecule has 108 valence electrons. The predicted octanol–water partition coefficient (Wildman–Crippen LogP) is 3.84. The molecule has 1 amide bonds. The van der Waals surface area contributed by atoms with Crippen molar-refractivity contribution in [2.24, 2.45) is 0 Å². The third-order valence-electron chi connectivity index (χ3n) is 3.86. The van der Waals surface area contributed by atoms with Gasteiger partial charge in [0.15, 0.2) is 0 Å². The van der Waals surface area contributed by atoms with Crippen LogP contribution in [-0.2, 0) is 5.41 Å². The number of para-hydroxylation sites is 1. The molecule has 21 heavy (non-hydrogen) atoms. The normalized spacial score (nSPS) is 17.7. The first-order valence-electron chi connectivity index (χ1n) is 7.22. The van der Waals surface area contributed by atoms with E-state index in [9.17, 15) is 4.79 Å². The van der Waals surface area contributed by atoms with Gasteiger partial charge < -0.3 is 10.6 Å². The smallest absolute Gasteiger partial charge is 0.255 e. The van der Waals surface area contributed by atoms with E-state index < -0.39 is 0 Å². The summed E-state index contributed by atoms with van der Waals surface area (Å²) in [5.41, 5.74) is 4.06. The standard InChI is InChI=1S/C18H20N2O/c1-18(2,3)13-10-8-12(9-11-13)16-19-15-7-5-4-6-14(15)17(21)20-16/h4-11,16,19H,1-3H3,(H,20,21)/t16-/m1/s1. The van der Waals surface area contributed by atoms with E-state index in [1.54, 1.807) is 0 Å². The third kappa shape index (κ3) is 2.64. The van der Waals surface area contributed by atoms with Crippen LogP contribution in [0.15, 0.2) is 48.5 Å². The number of benzene rings is 2. The van der Waals surface area contributed by atoms with Crippen LogP contribution in [0.3, 0.4) is 0 Å². The molecule has 1 heterocycles. The summed E-state index contributed by atoms with van der Waals surface area (Å²) >= 11 is 0. The largest absolute Gasteiger partial charge is 0.361 e. The number of rotatable bonds is 1. The van der Waals surface area contributed by atoms with E-state index in [-0.39, 0.29) is 17.5 Å². The maximum Gasteiger partial charge on any atom is 0.255 e. The maximum atomic E-state index is 12.1. The number of carbonyl (C=O) groups excluding carboxylic acids is 1. The van der Waals surface area contributed by atoms with Crippen LogP contribution in [0.2, 0.25) is 0 Å². The van der Waals surface area contributed by atoms with Gasteiger partial charge >= 0.3 is 0 Å². The van der Waals surface area contributed by atoms with Gasteiger partial charge in [-0.25, -0.2) is 0 Å². The lowest BCUT2D eigenvalue weighted by molar-refractivity contribution is 0.0935. The topological polar surface area (TPSA) is 41.1 Å². The number of hydrogen-bond acceptors (Lipinski definition) is 2. The average molecular weight is 280 g/mol. The molecule has 0 saturated carbocycles. The van der Waals surface area contributed by atoms with Gasteiger partial charge in [0.25, 0.3) is 5.91 Å². The van der Waals surface area contributed by atoms with Crippen LogP contribution in [0, 0.1) is 0 Å². The zero-order chi connectivity index (χ0) is 15.0. The molecule has 0 radical (unpaired) electrons. The highest BCUT2D eigenvalue weighted by Crippen LogP contribution is 2.28. The molecular formula is C18H20N2O. The number of nitrogens with one attached hydrogen (secondary N) is 2. The Morgan fingerprint density at radius 3 is 2.24 bits per heavy atom. The Labute approximate surface area is 125 Å². The Balaban J connectivity index is 1.88. The van der Waals surface area contributed by atoms with Crippen LogP contribution >= 0.6 is 0 Å². The van der Waals surface area contributed by atoms with Gasteiger partial charge in [-0.05, 0) is 28.7 Å². The molecule has 3 heteroatoms. The highest BCUT2D eigenvalue weighted by molar-refractivity contribution is 6.01. The van der Waals surface area contributed by atoms with Gasteiger partial charge in [-0.1, -0.05) is 57.2 Å². The Morgan fingerprint density at radius 2 is 1.57 bits per heavy atom. The zero-order valence-corrected chi connectivity index (χ0v) is 12.6. The van der Waals surface area contributed by atoms with E-state index >= 15 is 0 Å². The molecule has 0 aliphatic carbocycles. The van der Waals surface area contributed by atoms with Crippen molar-refractivity contribution in [2.75, 3.05) is 5.32 Å². The van der Waals surface area contributed by atoms with Crippen molar-refractivity contribution >= 4 is 11.6 Å². The first kappa shape index (κ1) is 13.7. The molecule has 0 bridgehead atoms. The Bertz CT molecular complexity index is 668. The second-order valence-electron chi connectivity index (χ2n) is 6.47. The molecule has 3 rings (SSSR count). The van der Waals surface area contributed by atoms with E-state index in [0.717, 1.165) is 11.3 Å². The predicted molar refractivity (Wildman–Crippen MR) is 85.4 cm³/mol. The van der Waals surface area contributed by atoms with Crippen LogP contribution < -0.4 is 10.6 Å². The first-order valence-corrected chi connectivity index (χ1v) is 7.22.